The van der Waals surface area contributed by atoms with Crippen LogP contribution in [0.4, 0.5) is 0 Å². The zero-order chi connectivity index (χ0) is 19.2. The number of nitrogens with one attached hydrogen (secondary N) is 2. The maximum Gasteiger partial charge on any atom is 0.225 e. The van der Waals surface area contributed by atoms with Gasteiger partial charge in [0.2, 0.25) is 5.91 Å². The van der Waals surface area contributed by atoms with Crippen LogP contribution in [0.25, 0.3) is 0 Å². The molecule has 1 atom stereocenters. The number of carbonyl (C=O) groups is 1. The third-order valence-corrected chi connectivity index (χ3v) is 5.32. The molecule has 2 fully saturated rings. The van der Waals surface area contributed by atoms with Crippen LogP contribution in [-0.4, -0.2) is 49.0 Å². The molecule has 1 amide bonds. The first-order chi connectivity index (χ1) is 13.1. The molecule has 0 bridgehead atoms. The average Bonchev–Trinajstić information content (AvgIpc) is 3.10. The van der Waals surface area contributed by atoms with Crippen molar-refractivity contribution in [1.82, 2.24) is 15.5 Å². The number of ether oxygens (including phenoxy) is 1. The number of halogens is 1. The van der Waals surface area contributed by atoms with Crippen molar-refractivity contribution in [3.05, 3.63) is 29.8 Å². The summed E-state index contributed by atoms with van der Waals surface area (Å²) < 4.78 is 6.10. The van der Waals surface area contributed by atoms with Gasteiger partial charge in [0.1, 0.15) is 5.75 Å². The van der Waals surface area contributed by atoms with E-state index in [1.54, 1.807) is 7.05 Å². The van der Waals surface area contributed by atoms with Crippen molar-refractivity contribution < 1.29 is 9.53 Å². The molecular formula is C21H33IN4O2. The Morgan fingerprint density at radius 2 is 2.04 bits per heavy atom. The van der Waals surface area contributed by atoms with Gasteiger partial charge in [-0.2, -0.15) is 0 Å². The predicted octanol–water partition coefficient (Wildman–Crippen LogP) is 3.16. The fraction of sp³-hybridized carbons (Fsp3) is 0.619. The third-order valence-electron chi connectivity index (χ3n) is 5.32. The fourth-order valence-electron chi connectivity index (χ4n) is 3.44. The van der Waals surface area contributed by atoms with E-state index in [1.807, 2.05) is 36.9 Å². The van der Waals surface area contributed by atoms with E-state index in [9.17, 15) is 4.79 Å². The molecule has 3 rings (SSSR count). The molecule has 28 heavy (non-hydrogen) atoms. The van der Waals surface area contributed by atoms with E-state index in [2.05, 4.69) is 21.7 Å². The monoisotopic (exact) mass is 500 g/mol. The minimum atomic E-state index is 0. The number of aliphatic imine (C=N–C) groups is 1. The highest BCUT2D eigenvalue weighted by Crippen LogP contribution is 2.27. The number of hydrogen-bond acceptors (Lipinski definition) is 3. The van der Waals surface area contributed by atoms with Crippen LogP contribution in [0, 0.1) is 5.92 Å². The van der Waals surface area contributed by atoms with E-state index in [1.165, 1.54) is 6.42 Å². The summed E-state index contributed by atoms with van der Waals surface area (Å²) in [4.78, 5) is 18.4. The summed E-state index contributed by atoms with van der Waals surface area (Å²) in [6.07, 6.45) is 4.88. The largest absolute Gasteiger partial charge is 0.490 e. The highest BCUT2D eigenvalue weighted by molar-refractivity contribution is 14.0. The minimum absolute atomic E-state index is 0. The predicted molar refractivity (Wildman–Crippen MR) is 123 cm³/mol. The van der Waals surface area contributed by atoms with Crippen molar-refractivity contribution in [2.24, 2.45) is 10.9 Å². The first-order valence-corrected chi connectivity index (χ1v) is 10.1. The Kier molecular flexibility index (Phi) is 8.85. The molecule has 7 heteroatoms. The van der Waals surface area contributed by atoms with Crippen molar-refractivity contribution in [2.45, 2.75) is 58.2 Å². The summed E-state index contributed by atoms with van der Waals surface area (Å²) in [5, 5.41) is 6.83. The SMILES string of the molecule is CN=C(NCc1ccccc1OC1CCC1)NC1CCN(C(=O)C(C)C)C1.I. The Hall–Kier alpha value is -1.51. The van der Waals surface area contributed by atoms with Gasteiger partial charge in [-0.25, -0.2) is 0 Å². The molecule has 2 aliphatic rings. The van der Waals surface area contributed by atoms with E-state index in [0.717, 1.165) is 49.6 Å². The molecule has 1 unspecified atom stereocenters. The molecule has 1 saturated carbocycles. The van der Waals surface area contributed by atoms with Crippen molar-refractivity contribution in [1.29, 1.82) is 0 Å². The number of likely N-dealkylation sites (tertiary alicyclic amines) is 1. The molecule has 2 N–H and O–H groups in total. The molecular weight excluding hydrogens is 467 g/mol. The third kappa shape index (κ3) is 5.99. The van der Waals surface area contributed by atoms with E-state index >= 15 is 0 Å². The molecule has 1 aliphatic heterocycles. The van der Waals surface area contributed by atoms with Gasteiger partial charge in [-0.1, -0.05) is 32.0 Å². The Balaban J connectivity index is 0.00000280. The first kappa shape index (κ1) is 22.8. The summed E-state index contributed by atoms with van der Waals surface area (Å²) in [7, 11) is 1.78. The Bertz CT molecular complexity index is 676. The van der Waals surface area contributed by atoms with E-state index < -0.39 is 0 Å². The van der Waals surface area contributed by atoms with Crippen LogP contribution in [0.2, 0.25) is 0 Å². The summed E-state index contributed by atoms with van der Waals surface area (Å²) in [5.74, 6) is 2.00. The molecule has 0 spiro atoms. The number of nitrogens with zero attached hydrogens (tertiary/aromatic N) is 2. The number of benzene rings is 1. The molecule has 6 nitrogen and oxygen atoms in total. The molecule has 1 saturated heterocycles. The first-order valence-electron chi connectivity index (χ1n) is 10.1. The van der Waals surface area contributed by atoms with Crippen LogP contribution in [-0.2, 0) is 11.3 Å². The van der Waals surface area contributed by atoms with Crippen molar-refractivity contribution in [3.8, 4) is 5.75 Å². The van der Waals surface area contributed by atoms with Crippen molar-refractivity contribution in [2.75, 3.05) is 20.1 Å². The number of hydrogen-bond donors (Lipinski definition) is 2. The molecule has 1 heterocycles. The van der Waals surface area contributed by atoms with Crippen LogP contribution in [0.3, 0.4) is 0 Å². The maximum atomic E-state index is 12.2. The fourth-order valence-corrected chi connectivity index (χ4v) is 3.44. The lowest BCUT2D eigenvalue weighted by atomic mass is 9.96. The number of rotatable bonds is 6. The standard InChI is InChI=1S/C21H32N4O2.HI/c1-15(2)20(26)25-12-11-17(14-25)24-21(22-3)23-13-16-7-4-5-10-19(16)27-18-8-6-9-18;/h4-5,7,10,15,17-18H,6,8-9,11-14H2,1-3H3,(H2,22,23,24);1H. The van der Waals surface area contributed by atoms with Crippen LogP contribution in [0.5, 0.6) is 5.75 Å². The summed E-state index contributed by atoms with van der Waals surface area (Å²) in [6.45, 7) is 6.10. The quantitative estimate of drug-likeness (QED) is 0.358. The summed E-state index contributed by atoms with van der Waals surface area (Å²) in [5.41, 5.74) is 1.13. The summed E-state index contributed by atoms with van der Waals surface area (Å²) >= 11 is 0. The number of carbonyl (C=O) groups excluding carboxylic acids is 1. The van der Waals surface area contributed by atoms with Crippen molar-refractivity contribution in [3.63, 3.8) is 0 Å². The lowest BCUT2D eigenvalue weighted by molar-refractivity contribution is -0.133. The maximum absolute atomic E-state index is 12.2. The summed E-state index contributed by atoms with van der Waals surface area (Å²) in [6, 6.07) is 8.42. The van der Waals surface area contributed by atoms with Gasteiger partial charge in [-0.3, -0.25) is 9.79 Å². The second-order valence-corrected chi connectivity index (χ2v) is 7.77. The van der Waals surface area contributed by atoms with Gasteiger partial charge >= 0.3 is 0 Å². The number of amides is 1. The Morgan fingerprint density at radius 3 is 2.68 bits per heavy atom. The lowest BCUT2D eigenvalue weighted by Gasteiger charge is -2.27. The minimum Gasteiger partial charge on any atom is -0.490 e. The lowest BCUT2D eigenvalue weighted by Crippen LogP contribution is -2.45. The van der Waals surface area contributed by atoms with Gasteiger partial charge in [0.15, 0.2) is 5.96 Å². The van der Waals surface area contributed by atoms with Gasteiger partial charge in [-0.05, 0) is 31.7 Å². The second kappa shape index (κ2) is 10.9. The van der Waals surface area contributed by atoms with Crippen LogP contribution in [0.1, 0.15) is 45.1 Å². The van der Waals surface area contributed by atoms with Gasteiger partial charge < -0.3 is 20.3 Å². The zero-order valence-electron chi connectivity index (χ0n) is 17.1. The molecule has 156 valence electrons. The van der Waals surface area contributed by atoms with Crippen LogP contribution < -0.4 is 15.4 Å². The number of guanidine groups is 1. The van der Waals surface area contributed by atoms with Crippen LogP contribution in [0.15, 0.2) is 29.3 Å². The van der Waals surface area contributed by atoms with E-state index in [-0.39, 0.29) is 41.8 Å². The molecule has 0 aromatic heterocycles. The molecule has 1 aromatic carbocycles. The highest BCUT2D eigenvalue weighted by Gasteiger charge is 2.28. The highest BCUT2D eigenvalue weighted by atomic mass is 127. The average molecular weight is 500 g/mol. The molecule has 0 radical (unpaired) electrons. The van der Waals surface area contributed by atoms with Gasteiger partial charge in [0.05, 0.1) is 6.10 Å². The number of para-hydroxylation sites is 1. The zero-order valence-corrected chi connectivity index (χ0v) is 19.4. The van der Waals surface area contributed by atoms with Crippen LogP contribution >= 0.6 is 24.0 Å². The normalized spacial score (nSPS) is 19.8. The van der Waals surface area contributed by atoms with E-state index in [0.29, 0.717) is 12.6 Å². The van der Waals surface area contributed by atoms with Gasteiger partial charge in [0.25, 0.3) is 0 Å². The molecule has 1 aliphatic carbocycles. The second-order valence-electron chi connectivity index (χ2n) is 7.77. The Morgan fingerprint density at radius 1 is 1.29 bits per heavy atom. The van der Waals surface area contributed by atoms with Crippen molar-refractivity contribution >= 4 is 35.8 Å². The van der Waals surface area contributed by atoms with E-state index in [4.69, 9.17) is 4.74 Å². The van der Waals surface area contributed by atoms with Gasteiger partial charge in [0, 0.05) is 44.2 Å². The smallest absolute Gasteiger partial charge is 0.225 e. The molecule has 1 aromatic rings. The topological polar surface area (TPSA) is 66.0 Å². The Labute approximate surface area is 185 Å². The van der Waals surface area contributed by atoms with Gasteiger partial charge in [-0.15, -0.1) is 24.0 Å².